The van der Waals surface area contributed by atoms with Gasteiger partial charge in [0.25, 0.3) is 0 Å². The van der Waals surface area contributed by atoms with Crippen LogP contribution in [-0.2, 0) is 14.4 Å². The third kappa shape index (κ3) is 9.37. The number of nitrogens with one attached hydrogen (secondary N) is 2. The monoisotopic (exact) mass is 313 g/mol. The number of nitrogens with two attached hydrogens (primary N) is 1. The molecule has 128 valence electrons. The van der Waals surface area contributed by atoms with Gasteiger partial charge in [-0.2, -0.15) is 0 Å². The first kappa shape index (κ1) is 20.4. The van der Waals surface area contributed by atoms with Crippen LogP contribution in [0, 0.1) is 5.92 Å². The van der Waals surface area contributed by atoms with Crippen LogP contribution < -0.4 is 16.4 Å². The quantitative estimate of drug-likeness (QED) is 0.503. The van der Waals surface area contributed by atoms with Gasteiger partial charge in [-0.3, -0.25) is 14.4 Å². The molecule has 0 radical (unpaired) electrons. The molecule has 1 unspecified atom stereocenters. The van der Waals surface area contributed by atoms with Crippen LogP contribution in [0.4, 0.5) is 0 Å². The van der Waals surface area contributed by atoms with Crippen LogP contribution in [0.5, 0.6) is 0 Å². The molecule has 0 aliphatic carbocycles. The van der Waals surface area contributed by atoms with E-state index in [1.165, 1.54) is 0 Å². The van der Waals surface area contributed by atoms with Crippen LogP contribution >= 0.6 is 0 Å². The Labute approximate surface area is 133 Å². The Kier molecular flexibility index (Phi) is 10.2. The normalized spacial score (nSPS) is 13.5. The molecule has 0 bridgehead atoms. The average Bonchev–Trinajstić information content (AvgIpc) is 2.42. The highest BCUT2D eigenvalue weighted by molar-refractivity contribution is 5.88. The molecule has 0 aliphatic rings. The van der Waals surface area contributed by atoms with Crippen molar-refractivity contribution in [2.45, 2.75) is 78.3 Å². The number of hydrogen-bond donors (Lipinski definition) is 3. The van der Waals surface area contributed by atoms with Gasteiger partial charge in [0.2, 0.25) is 17.7 Å². The largest absolute Gasteiger partial charge is 0.369 e. The second-order valence-electron chi connectivity index (χ2n) is 6.12. The minimum absolute atomic E-state index is 0.0351. The van der Waals surface area contributed by atoms with E-state index in [4.69, 9.17) is 5.73 Å². The third-order valence-electron chi connectivity index (χ3n) is 3.47. The lowest BCUT2D eigenvalue weighted by Gasteiger charge is -2.20. The zero-order chi connectivity index (χ0) is 17.1. The van der Waals surface area contributed by atoms with E-state index in [-0.39, 0.29) is 30.2 Å². The molecule has 0 heterocycles. The summed E-state index contributed by atoms with van der Waals surface area (Å²) < 4.78 is 0. The van der Waals surface area contributed by atoms with Crippen molar-refractivity contribution < 1.29 is 14.4 Å². The maximum Gasteiger partial charge on any atom is 0.242 e. The first-order valence-corrected chi connectivity index (χ1v) is 8.16. The number of hydrogen-bond acceptors (Lipinski definition) is 3. The van der Waals surface area contributed by atoms with E-state index in [0.717, 1.165) is 19.3 Å². The lowest BCUT2D eigenvalue weighted by atomic mass is 10.0. The van der Waals surface area contributed by atoms with E-state index in [1.54, 1.807) is 6.92 Å². The number of primary amides is 1. The maximum absolute atomic E-state index is 12.1. The van der Waals surface area contributed by atoms with Crippen LogP contribution in [0.15, 0.2) is 0 Å². The van der Waals surface area contributed by atoms with Gasteiger partial charge < -0.3 is 16.4 Å². The number of carbonyl (C=O) groups excluding carboxylic acids is 3. The molecular weight excluding hydrogens is 282 g/mol. The van der Waals surface area contributed by atoms with Gasteiger partial charge in [-0.25, -0.2) is 0 Å². The molecule has 0 aromatic heterocycles. The smallest absolute Gasteiger partial charge is 0.242 e. The van der Waals surface area contributed by atoms with Crippen LogP contribution in [0.25, 0.3) is 0 Å². The molecular formula is C16H31N3O3. The number of amides is 3. The summed E-state index contributed by atoms with van der Waals surface area (Å²) in [6.07, 6.45) is 4.20. The fourth-order valence-corrected chi connectivity index (χ4v) is 2.01. The van der Waals surface area contributed by atoms with E-state index < -0.39 is 11.9 Å². The van der Waals surface area contributed by atoms with Crippen molar-refractivity contribution in [2.24, 2.45) is 11.7 Å². The summed E-state index contributed by atoms with van der Waals surface area (Å²) in [7, 11) is 0. The highest BCUT2D eigenvalue weighted by atomic mass is 16.2. The molecule has 6 nitrogen and oxygen atoms in total. The second kappa shape index (κ2) is 11.0. The summed E-state index contributed by atoms with van der Waals surface area (Å²) in [6, 6.07) is -0.474. The Morgan fingerprint density at radius 2 is 1.64 bits per heavy atom. The van der Waals surface area contributed by atoms with Crippen molar-refractivity contribution in [3.63, 3.8) is 0 Å². The first-order valence-electron chi connectivity index (χ1n) is 8.16. The van der Waals surface area contributed by atoms with E-state index in [2.05, 4.69) is 17.6 Å². The maximum atomic E-state index is 12.1. The molecule has 0 rings (SSSR count). The number of unbranched alkanes of at least 4 members (excludes halogenated alkanes) is 2. The van der Waals surface area contributed by atoms with Crippen LogP contribution in [-0.4, -0.2) is 29.8 Å². The lowest BCUT2D eigenvalue weighted by molar-refractivity contribution is -0.130. The molecule has 0 aromatic carbocycles. The first-order chi connectivity index (χ1) is 10.3. The minimum Gasteiger partial charge on any atom is -0.369 e. The highest BCUT2D eigenvalue weighted by Gasteiger charge is 2.21. The topological polar surface area (TPSA) is 101 Å². The lowest BCUT2D eigenvalue weighted by Crippen LogP contribution is -2.48. The Bertz CT molecular complexity index is 370. The predicted octanol–water partition coefficient (Wildman–Crippen LogP) is 1.48. The molecule has 22 heavy (non-hydrogen) atoms. The summed E-state index contributed by atoms with van der Waals surface area (Å²) in [6.45, 7) is 7.56. The molecule has 4 N–H and O–H groups in total. The van der Waals surface area contributed by atoms with Gasteiger partial charge in [-0.1, -0.05) is 33.1 Å². The second-order valence-corrected chi connectivity index (χ2v) is 6.12. The zero-order valence-corrected chi connectivity index (χ0v) is 14.3. The van der Waals surface area contributed by atoms with Crippen molar-refractivity contribution in [1.29, 1.82) is 0 Å². The Morgan fingerprint density at radius 3 is 2.14 bits per heavy atom. The minimum atomic E-state index is -0.509. The van der Waals surface area contributed by atoms with Crippen molar-refractivity contribution in [2.75, 3.05) is 0 Å². The van der Waals surface area contributed by atoms with E-state index in [1.807, 2.05) is 13.8 Å². The summed E-state index contributed by atoms with van der Waals surface area (Å²) in [5.41, 5.74) is 5.17. The standard InChI is InChI=1S/C16H31N3O3/c1-5-6-7-8-13(16(22)18-11(2)3)19-14(20)10-9-12(4)15(17)21/h11-13H,5-10H2,1-4H3,(H2,17,21)(H,18,22)(H,19,20)/t12?,13-/m0/s1. The Balaban J connectivity index is 4.44. The molecule has 0 saturated heterocycles. The SMILES string of the molecule is CCCCC[C@H](NC(=O)CCC(C)C(N)=O)C(=O)NC(C)C. The van der Waals surface area contributed by atoms with Crippen LogP contribution in [0.3, 0.4) is 0 Å². The van der Waals surface area contributed by atoms with Gasteiger partial charge in [0.05, 0.1) is 0 Å². The zero-order valence-electron chi connectivity index (χ0n) is 14.3. The van der Waals surface area contributed by atoms with Gasteiger partial charge in [0.1, 0.15) is 6.04 Å². The van der Waals surface area contributed by atoms with Gasteiger partial charge in [0, 0.05) is 18.4 Å². The molecule has 0 aromatic rings. The number of rotatable bonds is 11. The van der Waals surface area contributed by atoms with Crippen molar-refractivity contribution in [1.82, 2.24) is 10.6 Å². The Hall–Kier alpha value is -1.59. The molecule has 2 atom stereocenters. The van der Waals surface area contributed by atoms with Gasteiger partial charge in [-0.05, 0) is 26.7 Å². The van der Waals surface area contributed by atoms with Gasteiger partial charge in [-0.15, -0.1) is 0 Å². The Morgan fingerprint density at radius 1 is 1.00 bits per heavy atom. The summed E-state index contributed by atoms with van der Waals surface area (Å²) in [5, 5.41) is 5.60. The highest BCUT2D eigenvalue weighted by Crippen LogP contribution is 2.07. The summed E-state index contributed by atoms with van der Waals surface area (Å²) in [5.74, 6) is -1.12. The molecule has 3 amide bonds. The molecule has 0 spiro atoms. The van der Waals surface area contributed by atoms with Crippen molar-refractivity contribution in [3.8, 4) is 0 Å². The van der Waals surface area contributed by atoms with Gasteiger partial charge >= 0.3 is 0 Å². The number of carbonyl (C=O) groups is 3. The molecule has 0 fully saturated rings. The van der Waals surface area contributed by atoms with Crippen LogP contribution in [0.1, 0.15) is 66.2 Å². The van der Waals surface area contributed by atoms with Crippen molar-refractivity contribution in [3.05, 3.63) is 0 Å². The average molecular weight is 313 g/mol. The fourth-order valence-electron chi connectivity index (χ4n) is 2.01. The summed E-state index contributed by atoms with van der Waals surface area (Å²) >= 11 is 0. The predicted molar refractivity (Wildman–Crippen MR) is 86.9 cm³/mol. The van der Waals surface area contributed by atoms with Crippen molar-refractivity contribution >= 4 is 17.7 Å². The van der Waals surface area contributed by atoms with Crippen LogP contribution in [0.2, 0.25) is 0 Å². The van der Waals surface area contributed by atoms with E-state index in [0.29, 0.717) is 12.8 Å². The fraction of sp³-hybridized carbons (Fsp3) is 0.812. The van der Waals surface area contributed by atoms with E-state index >= 15 is 0 Å². The van der Waals surface area contributed by atoms with E-state index in [9.17, 15) is 14.4 Å². The molecule has 6 heteroatoms. The summed E-state index contributed by atoms with van der Waals surface area (Å²) in [4.78, 5) is 35.1. The van der Waals surface area contributed by atoms with Gasteiger partial charge in [0.15, 0.2) is 0 Å². The molecule has 0 saturated carbocycles. The third-order valence-corrected chi connectivity index (χ3v) is 3.47. The molecule has 0 aliphatic heterocycles.